The van der Waals surface area contributed by atoms with Crippen LogP contribution in [0.25, 0.3) is 0 Å². The van der Waals surface area contributed by atoms with Crippen molar-refractivity contribution in [1.82, 2.24) is 0 Å². The van der Waals surface area contributed by atoms with Crippen molar-refractivity contribution in [3.8, 4) is 5.75 Å². The molecule has 0 fully saturated rings. The highest BCUT2D eigenvalue weighted by Gasteiger charge is 2.08. The van der Waals surface area contributed by atoms with E-state index in [1.54, 1.807) is 25.1 Å². The van der Waals surface area contributed by atoms with Crippen LogP contribution in [0.4, 0.5) is 0 Å². The highest BCUT2D eigenvalue weighted by molar-refractivity contribution is 6.34. The Hall–Kier alpha value is -0.930. The number of carboxylic acid groups (broad SMARTS) is 1. The summed E-state index contributed by atoms with van der Waals surface area (Å²) in [5.41, 5.74) is 0. The van der Waals surface area contributed by atoms with Crippen LogP contribution in [0.2, 0.25) is 10.0 Å². The molecule has 3 nitrogen and oxygen atoms in total. The first-order chi connectivity index (χ1) is 7.47. The van der Waals surface area contributed by atoms with Gasteiger partial charge in [-0.05, 0) is 18.2 Å². The van der Waals surface area contributed by atoms with Crippen LogP contribution < -0.4 is 4.74 Å². The zero-order chi connectivity index (χ0) is 12.1. The molecule has 0 spiro atoms. The Kier molecular flexibility index (Phi) is 4.90. The van der Waals surface area contributed by atoms with Gasteiger partial charge in [0.05, 0.1) is 13.0 Å². The Bertz CT molecular complexity index is 359. The molecule has 1 atom stereocenters. The SMILES string of the molecule is CC(COc1cc(Cl)cc(Cl)c1)CC(=O)O. The monoisotopic (exact) mass is 262 g/mol. The molecule has 0 aliphatic heterocycles. The molecule has 1 aromatic rings. The third-order valence-corrected chi connectivity index (χ3v) is 2.33. The molecule has 1 N–H and O–H groups in total. The van der Waals surface area contributed by atoms with Gasteiger partial charge < -0.3 is 9.84 Å². The number of carboxylic acids is 1. The standard InChI is InChI=1S/C11H12Cl2O3/c1-7(2-11(14)15)6-16-10-4-8(12)3-9(13)5-10/h3-5,7H,2,6H2,1H3,(H,14,15). The molecule has 1 unspecified atom stereocenters. The van der Waals surface area contributed by atoms with Gasteiger partial charge in [-0.2, -0.15) is 0 Å². The third kappa shape index (κ3) is 4.73. The Morgan fingerprint density at radius 1 is 1.38 bits per heavy atom. The lowest BCUT2D eigenvalue weighted by Gasteiger charge is -2.11. The van der Waals surface area contributed by atoms with Crippen molar-refractivity contribution in [2.24, 2.45) is 5.92 Å². The molecule has 0 radical (unpaired) electrons. The number of hydrogen-bond donors (Lipinski definition) is 1. The molecule has 16 heavy (non-hydrogen) atoms. The Morgan fingerprint density at radius 2 is 1.94 bits per heavy atom. The van der Waals surface area contributed by atoms with E-state index in [9.17, 15) is 4.79 Å². The zero-order valence-electron chi connectivity index (χ0n) is 8.74. The molecule has 88 valence electrons. The molecule has 0 saturated carbocycles. The van der Waals surface area contributed by atoms with E-state index < -0.39 is 5.97 Å². The minimum absolute atomic E-state index is 0.0599. The van der Waals surface area contributed by atoms with Crippen LogP contribution in [-0.2, 0) is 4.79 Å². The quantitative estimate of drug-likeness (QED) is 0.884. The Morgan fingerprint density at radius 3 is 2.44 bits per heavy atom. The van der Waals surface area contributed by atoms with E-state index in [2.05, 4.69) is 0 Å². The fourth-order valence-corrected chi connectivity index (χ4v) is 1.71. The number of benzene rings is 1. The average molecular weight is 263 g/mol. The van der Waals surface area contributed by atoms with E-state index in [-0.39, 0.29) is 12.3 Å². The number of rotatable bonds is 5. The van der Waals surface area contributed by atoms with Crippen molar-refractivity contribution in [2.45, 2.75) is 13.3 Å². The first-order valence-corrected chi connectivity index (χ1v) is 5.53. The second-order valence-corrected chi connectivity index (χ2v) is 4.49. The number of carbonyl (C=O) groups is 1. The zero-order valence-corrected chi connectivity index (χ0v) is 10.3. The van der Waals surface area contributed by atoms with Crippen molar-refractivity contribution >= 4 is 29.2 Å². The van der Waals surface area contributed by atoms with Gasteiger partial charge in [-0.25, -0.2) is 0 Å². The van der Waals surface area contributed by atoms with Gasteiger partial charge in [-0.1, -0.05) is 30.1 Å². The number of aliphatic carboxylic acids is 1. The molecule has 0 saturated heterocycles. The summed E-state index contributed by atoms with van der Waals surface area (Å²) in [6, 6.07) is 4.89. The molecule has 0 heterocycles. The average Bonchev–Trinajstić information content (AvgIpc) is 2.12. The Balaban J connectivity index is 2.51. The van der Waals surface area contributed by atoms with Crippen molar-refractivity contribution < 1.29 is 14.6 Å². The second-order valence-electron chi connectivity index (χ2n) is 3.62. The first-order valence-electron chi connectivity index (χ1n) is 4.78. The van der Waals surface area contributed by atoms with Crippen LogP contribution in [0, 0.1) is 5.92 Å². The smallest absolute Gasteiger partial charge is 0.303 e. The molecular formula is C11H12Cl2O3. The van der Waals surface area contributed by atoms with Gasteiger partial charge in [0.1, 0.15) is 5.75 Å². The van der Waals surface area contributed by atoms with Crippen LogP contribution in [0.5, 0.6) is 5.75 Å². The van der Waals surface area contributed by atoms with Gasteiger partial charge in [-0.15, -0.1) is 0 Å². The molecule has 0 aliphatic rings. The fraction of sp³-hybridized carbons (Fsp3) is 0.364. The lowest BCUT2D eigenvalue weighted by Crippen LogP contribution is -2.12. The number of halogens is 2. The van der Waals surface area contributed by atoms with Crippen molar-refractivity contribution in [1.29, 1.82) is 0 Å². The summed E-state index contributed by atoms with van der Waals surface area (Å²) in [6.07, 6.45) is 0.0777. The van der Waals surface area contributed by atoms with Gasteiger partial charge in [0.25, 0.3) is 0 Å². The fourth-order valence-electron chi connectivity index (χ4n) is 1.21. The summed E-state index contributed by atoms with van der Waals surface area (Å²) in [5.74, 6) is -0.342. The largest absolute Gasteiger partial charge is 0.493 e. The van der Waals surface area contributed by atoms with E-state index in [1.807, 2.05) is 0 Å². The topological polar surface area (TPSA) is 46.5 Å². The summed E-state index contributed by atoms with van der Waals surface area (Å²) in [6.45, 7) is 2.13. The van der Waals surface area contributed by atoms with E-state index in [0.29, 0.717) is 22.4 Å². The Labute approximate surface area is 104 Å². The van der Waals surface area contributed by atoms with Gasteiger partial charge in [0, 0.05) is 16.0 Å². The van der Waals surface area contributed by atoms with E-state index in [4.69, 9.17) is 33.0 Å². The molecule has 0 aliphatic carbocycles. The molecule has 5 heteroatoms. The summed E-state index contributed by atoms with van der Waals surface area (Å²) in [4.78, 5) is 10.4. The maximum atomic E-state index is 10.4. The normalized spacial score (nSPS) is 12.2. The van der Waals surface area contributed by atoms with Crippen LogP contribution >= 0.6 is 23.2 Å². The molecule has 1 aromatic carbocycles. The van der Waals surface area contributed by atoms with Gasteiger partial charge in [0.2, 0.25) is 0 Å². The van der Waals surface area contributed by atoms with Crippen LogP contribution in [0.3, 0.4) is 0 Å². The summed E-state index contributed by atoms with van der Waals surface area (Å²) in [5, 5.41) is 9.56. The van der Waals surface area contributed by atoms with Crippen molar-refractivity contribution in [3.63, 3.8) is 0 Å². The minimum atomic E-state index is -0.833. The van der Waals surface area contributed by atoms with Gasteiger partial charge in [-0.3, -0.25) is 4.79 Å². The molecule has 0 bridgehead atoms. The summed E-state index contributed by atoms with van der Waals surface area (Å²) >= 11 is 11.6. The number of hydrogen-bond acceptors (Lipinski definition) is 2. The highest BCUT2D eigenvalue weighted by Crippen LogP contribution is 2.24. The maximum Gasteiger partial charge on any atom is 0.303 e. The van der Waals surface area contributed by atoms with Crippen LogP contribution in [-0.4, -0.2) is 17.7 Å². The first kappa shape index (κ1) is 13.1. The molecule has 0 aromatic heterocycles. The van der Waals surface area contributed by atoms with Gasteiger partial charge in [0.15, 0.2) is 0 Å². The second kappa shape index (κ2) is 5.97. The van der Waals surface area contributed by atoms with E-state index >= 15 is 0 Å². The predicted molar refractivity (Wildman–Crippen MR) is 63.4 cm³/mol. The van der Waals surface area contributed by atoms with Crippen molar-refractivity contribution in [3.05, 3.63) is 28.2 Å². The lowest BCUT2D eigenvalue weighted by atomic mass is 10.1. The molecule has 0 amide bonds. The highest BCUT2D eigenvalue weighted by atomic mass is 35.5. The van der Waals surface area contributed by atoms with Gasteiger partial charge >= 0.3 is 5.97 Å². The van der Waals surface area contributed by atoms with Crippen molar-refractivity contribution in [2.75, 3.05) is 6.61 Å². The maximum absolute atomic E-state index is 10.4. The van der Waals surface area contributed by atoms with Crippen LogP contribution in [0.15, 0.2) is 18.2 Å². The minimum Gasteiger partial charge on any atom is -0.493 e. The summed E-state index contributed by atoms with van der Waals surface area (Å²) < 4.78 is 5.40. The molecular weight excluding hydrogens is 251 g/mol. The van der Waals surface area contributed by atoms with E-state index in [0.717, 1.165) is 0 Å². The lowest BCUT2D eigenvalue weighted by molar-refractivity contribution is -0.138. The summed E-state index contributed by atoms with van der Waals surface area (Å²) in [7, 11) is 0. The third-order valence-electron chi connectivity index (χ3n) is 1.89. The molecule has 1 rings (SSSR count). The van der Waals surface area contributed by atoms with E-state index in [1.165, 1.54) is 0 Å². The number of ether oxygens (including phenoxy) is 1. The predicted octanol–water partition coefficient (Wildman–Crippen LogP) is 3.48. The van der Waals surface area contributed by atoms with Crippen LogP contribution in [0.1, 0.15) is 13.3 Å².